The second-order valence-electron chi connectivity index (χ2n) is 6.47. The van der Waals surface area contributed by atoms with Gasteiger partial charge in [0.2, 0.25) is 0 Å². The van der Waals surface area contributed by atoms with E-state index in [9.17, 15) is 0 Å². The van der Waals surface area contributed by atoms with Crippen molar-refractivity contribution >= 4 is 27.4 Å². The van der Waals surface area contributed by atoms with Crippen molar-refractivity contribution in [1.82, 2.24) is 19.8 Å². The summed E-state index contributed by atoms with van der Waals surface area (Å²) in [6.45, 7) is 0. The van der Waals surface area contributed by atoms with Crippen LogP contribution in [0.4, 0.5) is 5.82 Å². The van der Waals surface area contributed by atoms with E-state index >= 15 is 0 Å². The van der Waals surface area contributed by atoms with E-state index in [0.717, 1.165) is 28.2 Å². The van der Waals surface area contributed by atoms with Crippen LogP contribution in [0.25, 0.3) is 5.65 Å². The molecule has 0 aliphatic heterocycles. The van der Waals surface area contributed by atoms with Crippen LogP contribution in [0.15, 0.2) is 40.9 Å². The average molecular weight is 370 g/mol. The molecule has 5 rings (SSSR count). The third kappa shape index (κ3) is 2.51. The zero-order valence-electron chi connectivity index (χ0n) is 12.5. The fourth-order valence-electron chi connectivity index (χ4n) is 3.10. The van der Waals surface area contributed by atoms with Crippen molar-refractivity contribution in [2.24, 2.45) is 0 Å². The second-order valence-corrected chi connectivity index (χ2v) is 7.38. The van der Waals surface area contributed by atoms with Gasteiger partial charge in [-0.1, -0.05) is 28.1 Å². The molecule has 0 saturated heterocycles. The SMILES string of the molecule is Brc1ccc(C2CC2Nc2ccc3nnc(C4CC4)n3n2)cc1. The number of benzene rings is 1. The number of aromatic nitrogens is 4. The Morgan fingerprint density at radius 3 is 2.65 bits per heavy atom. The number of fused-ring (bicyclic) bond motifs is 1. The summed E-state index contributed by atoms with van der Waals surface area (Å²) in [5.74, 6) is 3.03. The largest absolute Gasteiger partial charge is 0.365 e. The molecule has 2 aromatic heterocycles. The van der Waals surface area contributed by atoms with Crippen LogP contribution in [-0.4, -0.2) is 25.9 Å². The zero-order chi connectivity index (χ0) is 15.4. The van der Waals surface area contributed by atoms with Crippen LogP contribution in [0.1, 0.15) is 42.5 Å². The van der Waals surface area contributed by atoms with Crippen molar-refractivity contribution < 1.29 is 0 Å². The molecular weight excluding hydrogens is 354 g/mol. The number of rotatable bonds is 4. The van der Waals surface area contributed by atoms with E-state index in [1.165, 1.54) is 18.4 Å². The molecule has 1 N–H and O–H groups in total. The molecule has 116 valence electrons. The fourth-order valence-corrected chi connectivity index (χ4v) is 3.37. The highest BCUT2D eigenvalue weighted by atomic mass is 79.9. The first-order chi connectivity index (χ1) is 11.3. The minimum Gasteiger partial charge on any atom is -0.365 e. The second kappa shape index (κ2) is 5.03. The van der Waals surface area contributed by atoms with Crippen LogP contribution in [0.5, 0.6) is 0 Å². The lowest BCUT2D eigenvalue weighted by molar-refractivity contribution is 0.813. The van der Waals surface area contributed by atoms with Crippen LogP contribution < -0.4 is 5.32 Å². The third-order valence-electron chi connectivity index (χ3n) is 4.65. The molecule has 2 aliphatic carbocycles. The fraction of sp³-hybridized carbons (Fsp3) is 0.353. The van der Waals surface area contributed by atoms with Gasteiger partial charge in [-0.05, 0) is 49.1 Å². The van der Waals surface area contributed by atoms with Gasteiger partial charge in [0.15, 0.2) is 11.5 Å². The van der Waals surface area contributed by atoms with Gasteiger partial charge in [-0.3, -0.25) is 0 Å². The van der Waals surface area contributed by atoms with Crippen LogP contribution in [0.3, 0.4) is 0 Å². The van der Waals surface area contributed by atoms with Crippen molar-refractivity contribution in [2.75, 3.05) is 5.32 Å². The van der Waals surface area contributed by atoms with Gasteiger partial charge in [0.1, 0.15) is 5.82 Å². The third-order valence-corrected chi connectivity index (χ3v) is 5.18. The van der Waals surface area contributed by atoms with Crippen molar-refractivity contribution in [3.05, 3.63) is 52.3 Å². The van der Waals surface area contributed by atoms with E-state index in [4.69, 9.17) is 5.10 Å². The van der Waals surface area contributed by atoms with E-state index in [1.807, 2.05) is 16.6 Å². The molecule has 2 unspecified atom stereocenters. The topological polar surface area (TPSA) is 55.1 Å². The van der Waals surface area contributed by atoms with Gasteiger partial charge < -0.3 is 5.32 Å². The Bertz CT molecular complexity index is 868. The summed E-state index contributed by atoms with van der Waals surface area (Å²) in [6, 6.07) is 13.0. The normalized spacial score (nSPS) is 23.2. The number of anilines is 1. The van der Waals surface area contributed by atoms with Crippen molar-refractivity contribution in [3.63, 3.8) is 0 Å². The maximum atomic E-state index is 4.69. The Morgan fingerprint density at radius 1 is 1.04 bits per heavy atom. The highest BCUT2D eigenvalue weighted by Crippen LogP contribution is 2.43. The summed E-state index contributed by atoms with van der Waals surface area (Å²) in [5.41, 5.74) is 2.22. The Labute approximate surface area is 142 Å². The predicted molar refractivity (Wildman–Crippen MR) is 91.7 cm³/mol. The van der Waals surface area contributed by atoms with Crippen molar-refractivity contribution in [2.45, 2.75) is 37.1 Å². The minimum atomic E-state index is 0.460. The molecule has 1 aromatic carbocycles. The summed E-state index contributed by atoms with van der Waals surface area (Å²) in [6.07, 6.45) is 3.56. The lowest BCUT2D eigenvalue weighted by atomic mass is 10.1. The molecule has 2 fully saturated rings. The van der Waals surface area contributed by atoms with Gasteiger partial charge in [0, 0.05) is 22.4 Å². The molecule has 5 nitrogen and oxygen atoms in total. The van der Waals surface area contributed by atoms with Crippen LogP contribution in [0.2, 0.25) is 0 Å². The lowest BCUT2D eigenvalue weighted by Crippen LogP contribution is -2.08. The van der Waals surface area contributed by atoms with E-state index in [2.05, 4.69) is 55.7 Å². The van der Waals surface area contributed by atoms with Gasteiger partial charge in [0.25, 0.3) is 0 Å². The first-order valence-corrected chi connectivity index (χ1v) is 8.81. The van der Waals surface area contributed by atoms with Crippen LogP contribution in [-0.2, 0) is 0 Å². The molecule has 6 heteroatoms. The molecule has 3 aromatic rings. The maximum Gasteiger partial charge on any atom is 0.178 e. The van der Waals surface area contributed by atoms with Gasteiger partial charge in [-0.25, -0.2) is 0 Å². The van der Waals surface area contributed by atoms with Gasteiger partial charge >= 0.3 is 0 Å². The lowest BCUT2D eigenvalue weighted by Gasteiger charge is -2.06. The van der Waals surface area contributed by atoms with Gasteiger partial charge in [-0.15, -0.1) is 15.3 Å². The smallest absolute Gasteiger partial charge is 0.178 e. The van der Waals surface area contributed by atoms with Crippen LogP contribution >= 0.6 is 15.9 Å². The summed E-state index contributed by atoms with van der Waals surface area (Å²) in [7, 11) is 0. The summed E-state index contributed by atoms with van der Waals surface area (Å²) in [5, 5.41) is 16.7. The molecule has 2 saturated carbocycles. The number of hydrogen-bond acceptors (Lipinski definition) is 4. The molecule has 2 atom stereocenters. The Hall–Kier alpha value is -1.95. The van der Waals surface area contributed by atoms with E-state index in [0.29, 0.717) is 17.9 Å². The minimum absolute atomic E-state index is 0.460. The Balaban J connectivity index is 1.36. The molecule has 0 radical (unpaired) electrons. The summed E-state index contributed by atoms with van der Waals surface area (Å²) in [4.78, 5) is 0. The standard InChI is InChI=1S/C17H16BrN5/c18-12-5-3-10(4-6-12)13-9-14(13)19-15-7-8-16-20-21-17(11-1-2-11)23(16)22-15/h3-8,11,13-14H,1-2,9H2,(H,19,22). The zero-order valence-corrected chi connectivity index (χ0v) is 14.1. The molecule has 2 aliphatic rings. The molecule has 0 spiro atoms. The molecule has 23 heavy (non-hydrogen) atoms. The molecule has 0 bridgehead atoms. The number of nitrogens with zero attached hydrogens (tertiary/aromatic N) is 4. The van der Waals surface area contributed by atoms with Crippen LogP contribution in [0, 0.1) is 0 Å². The van der Waals surface area contributed by atoms with Crippen molar-refractivity contribution in [3.8, 4) is 0 Å². The highest BCUT2D eigenvalue weighted by molar-refractivity contribution is 9.10. The number of nitrogens with one attached hydrogen (secondary N) is 1. The van der Waals surface area contributed by atoms with Crippen molar-refractivity contribution in [1.29, 1.82) is 0 Å². The average Bonchev–Trinajstić information content (AvgIpc) is 3.48. The summed E-state index contributed by atoms with van der Waals surface area (Å²) >= 11 is 3.49. The predicted octanol–water partition coefficient (Wildman–Crippen LogP) is 3.73. The molecule has 2 heterocycles. The van der Waals surface area contributed by atoms with E-state index < -0.39 is 0 Å². The Morgan fingerprint density at radius 2 is 1.87 bits per heavy atom. The first kappa shape index (κ1) is 13.5. The first-order valence-electron chi connectivity index (χ1n) is 8.02. The monoisotopic (exact) mass is 369 g/mol. The number of halogens is 1. The van der Waals surface area contributed by atoms with E-state index in [-0.39, 0.29) is 0 Å². The summed E-state index contributed by atoms with van der Waals surface area (Å²) < 4.78 is 3.02. The quantitative estimate of drug-likeness (QED) is 0.760. The highest BCUT2D eigenvalue weighted by Gasteiger charge is 2.38. The number of hydrogen-bond donors (Lipinski definition) is 1. The Kier molecular flexibility index (Phi) is 2.95. The molecular formula is C17H16BrN5. The van der Waals surface area contributed by atoms with E-state index in [1.54, 1.807) is 0 Å². The van der Waals surface area contributed by atoms with Gasteiger partial charge in [0.05, 0.1) is 0 Å². The van der Waals surface area contributed by atoms with Gasteiger partial charge in [-0.2, -0.15) is 4.52 Å². The maximum absolute atomic E-state index is 4.69. The molecule has 0 amide bonds.